The zero-order valence-corrected chi connectivity index (χ0v) is 33.0. The van der Waals surface area contributed by atoms with Crippen LogP contribution in [-0.2, 0) is 5.41 Å². The smallest absolute Gasteiger partial charge is 0.0709 e. The van der Waals surface area contributed by atoms with Crippen LogP contribution in [0.25, 0.3) is 81.0 Å². The number of hydrogen-bond acceptors (Lipinski definition) is 1. The Labute approximate surface area is 342 Å². The van der Waals surface area contributed by atoms with E-state index in [-0.39, 0.29) is 0 Å². The van der Waals surface area contributed by atoms with Gasteiger partial charge < -0.3 is 4.57 Å². The summed E-state index contributed by atoms with van der Waals surface area (Å²) in [7, 11) is 0. The topological polar surface area (TPSA) is 4.93 Å². The quantitative estimate of drug-likeness (QED) is 0.143. The van der Waals surface area contributed by atoms with E-state index in [0.717, 1.165) is 11.3 Å². The zero-order chi connectivity index (χ0) is 38.8. The van der Waals surface area contributed by atoms with Gasteiger partial charge in [-0.05, 0) is 99.5 Å². The molecule has 0 saturated carbocycles. The number of allylic oxidation sites excluding steroid dienone is 5. The van der Waals surface area contributed by atoms with Gasteiger partial charge in [0.2, 0.25) is 0 Å². The van der Waals surface area contributed by atoms with Crippen molar-refractivity contribution in [3.05, 3.63) is 235 Å². The summed E-state index contributed by atoms with van der Waals surface area (Å²) in [5, 5.41) is 5.08. The molecule has 0 amide bonds. The molecule has 1 unspecified atom stereocenters. The lowest BCUT2D eigenvalue weighted by molar-refractivity contribution is 0.770. The number of thiophene rings is 1. The SMILES string of the molecule is C=C(/C=C\C=C/C)C1(c2ccccc2)c2cc(-n3c4ccc(-c5ccccc5)cc4c4cc(-c5ccccc5)ccc43)ccc2-c2c1ccc1c2sc2ccccc21. The van der Waals surface area contributed by atoms with Crippen molar-refractivity contribution in [2.45, 2.75) is 12.3 Å². The highest BCUT2D eigenvalue weighted by atomic mass is 32.1. The summed E-state index contributed by atoms with van der Waals surface area (Å²) >= 11 is 1.90. The molecule has 0 saturated heterocycles. The lowest BCUT2D eigenvalue weighted by atomic mass is 9.67. The Balaban J connectivity index is 1.22. The highest BCUT2D eigenvalue weighted by Gasteiger charge is 2.47. The van der Waals surface area contributed by atoms with Crippen LogP contribution in [-0.4, -0.2) is 4.57 Å². The van der Waals surface area contributed by atoms with Gasteiger partial charge in [0.1, 0.15) is 0 Å². The Kier molecular flexibility index (Phi) is 8.03. The third-order valence-electron chi connectivity index (χ3n) is 12.2. The van der Waals surface area contributed by atoms with E-state index < -0.39 is 5.41 Å². The van der Waals surface area contributed by atoms with Gasteiger partial charge in [0, 0.05) is 42.2 Å². The minimum Gasteiger partial charge on any atom is -0.309 e. The first kappa shape index (κ1) is 34.3. The fourth-order valence-electron chi connectivity index (χ4n) is 9.57. The van der Waals surface area contributed by atoms with Crippen LogP contribution in [0.5, 0.6) is 0 Å². The Morgan fingerprint density at radius 2 is 1.16 bits per heavy atom. The summed E-state index contributed by atoms with van der Waals surface area (Å²) in [6, 6.07) is 67.1. The third-order valence-corrected chi connectivity index (χ3v) is 13.4. The van der Waals surface area contributed by atoms with Crippen LogP contribution in [0.2, 0.25) is 0 Å². The Bertz CT molecular complexity index is 3190. The van der Waals surface area contributed by atoms with Crippen LogP contribution < -0.4 is 0 Å². The number of nitrogens with zero attached hydrogens (tertiary/aromatic N) is 1. The summed E-state index contributed by atoms with van der Waals surface area (Å²) in [5.74, 6) is 0. The van der Waals surface area contributed by atoms with Gasteiger partial charge in [-0.3, -0.25) is 0 Å². The zero-order valence-electron chi connectivity index (χ0n) is 32.2. The summed E-state index contributed by atoms with van der Waals surface area (Å²) in [5.41, 5.74) is 15.1. The van der Waals surface area contributed by atoms with E-state index in [2.05, 4.69) is 218 Å². The van der Waals surface area contributed by atoms with E-state index in [1.54, 1.807) is 0 Å². The molecule has 0 spiro atoms. The van der Waals surface area contributed by atoms with Crippen LogP contribution in [0.15, 0.2) is 218 Å². The maximum atomic E-state index is 4.92. The van der Waals surface area contributed by atoms with Gasteiger partial charge in [0.25, 0.3) is 0 Å². The maximum absolute atomic E-state index is 4.92. The second kappa shape index (κ2) is 13.6. The first-order chi connectivity index (χ1) is 28.6. The third kappa shape index (κ3) is 5.09. The predicted octanol–water partition coefficient (Wildman–Crippen LogP) is 15.5. The molecule has 0 N–H and O–H groups in total. The van der Waals surface area contributed by atoms with E-state index >= 15 is 0 Å². The molecule has 274 valence electrons. The van der Waals surface area contributed by atoms with E-state index in [9.17, 15) is 0 Å². The van der Waals surface area contributed by atoms with Gasteiger partial charge in [0.15, 0.2) is 0 Å². The highest BCUT2D eigenvalue weighted by molar-refractivity contribution is 7.26. The van der Waals surface area contributed by atoms with Crippen molar-refractivity contribution < 1.29 is 0 Å². The van der Waals surface area contributed by atoms with Crippen LogP contribution in [0, 0.1) is 0 Å². The molecule has 11 rings (SSSR count). The molecule has 0 bridgehead atoms. The summed E-state index contributed by atoms with van der Waals surface area (Å²) in [4.78, 5) is 0. The lowest BCUT2D eigenvalue weighted by Crippen LogP contribution is -2.28. The molecule has 58 heavy (non-hydrogen) atoms. The average molecular weight is 758 g/mol. The van der Waals surface area contributed by atoms with E-state index in [4.69, 9.17) is 6.58 Å². The van der Waals surface area contributed by atoms with Gasteiger partial charge in [0.05, 0.1) is 16.4 Å². The molecule has 1 nitrogen and oxygen atoms in total. The molecule has 0 fully saturated rings. The molecule has 2 heteroatoms. The normalized spacial score (nSPS) is 15.0. The second-order valence-corrected chi connectivity index (χ2v) is 16.3. The van der Waals surface area contributed by atoms with E-state index in [0.29, 0.717) is 0 Å². The maximum Gasteiger partial charge on any atom is 0.0709 e. The molecule has 1 aliphatic rings. The van der Waals surface area contributed by atoms with E-state index in [1.165, 1.54) is 92.0 Å². The molecule has 2 aromatic heterocycles. The molecular formula is C56H39NS. The van der Waals surface area contributed by atoms with Crippen LogP contribution in [0.4, 0.5) is 0 Å². The fraction of sp³-hybridized carbons (Fsp3) is 0.0357. The molecule has 1 atom stereocenters. The number of rotatable bonds is 7. The van der Waals surface area contributed by atoms with Gasteiger partial charge in [-0.25, -0.2) is 0 Å². The van der Waals surface area contributed by atoms with Crippen molar-refractivity contribution in [1.29, 1.82) is 0 Å². The molecule has 2 heterocycles. The van der Waals surface area contributed by atoms with Crippen molar-refractivity contribution in [3.8, 4) is 39.1 Å². The average Bonchev–Trinajstić information content (AvgIpc) is 3.93. The van der Waals surface area contributed by atoms with Gasteiger partial charge in [-0.15, -0.1) is 11.3 Å². The standard InChI is InChI=1S/C56H39NS/c1-3-4-8-17-37(2)56(42-22-13-7-14-23-42)49-31-30-45-44-24-15-16-25-53(44)58-55(45)54(49)46-29-28-43(36-50(46)56)57-51-32-26-40(38-18-9-5-10-19-38)34-47(51)48-35-41(27-33-52(48)57)39-20-11-6-12-21-39/h3-36H,2H2,1H3/b4-3-,17-8-. The predicted molar refractivity (Wildman–Crippen MR) is 249 cm³/mol. The van der Waals surface area contributed by atoms with Crippen LogP contribution in [0.1, 0.15) is 23.6 Å². The van der Waals surface area contributed by atoms with Crippen molar-refractivity contribution in [3.63, 3.8) is 0 Å². The Morgan fingerprint density at radius 3 is 1.81 bits per heavy atom. The minimum absolute atomic E-state index is 0.621. The first-order valence-electron chi connectivity index (χ1n) is 20.0. The number of benzene rings is 8. The number of fused-ring (bicyclic) bond motifs is 10. The minimum atomic E-state index is -0.621. The van der Waals surface area contributed by atoms with Crippen LogP contribution >= 0.6 is 11.3 Å². The molecule has 0 radical (unpaired) electrons. The molecule has 8 aromatic carbocycles. The largest absolute Gasteiger partial charge is 0.309 e. The van der Waals surface area contributed by atoms with Gasteiger partial charge in [-0.2, -0.15) is 0 Å². The monoisotopic (exact) mass is 757 g/mol. The molecule has 0 aliphatic heterocycles. The van der Waals surface area contributed by atoms with Crippen molar-refractivity contribution in [2.24, 2.45) is 0 Å². The number of aromatic nitrogens is 1. The first-order valence-corrected chi connectivity index (χ1v) is 20.8. The van der Waals surface area contributed by atoms with E-state index in [1.807, 2.05) is 11.3 Å². The second-order valence-electron chi connectivity index (χ2n) is 15.3. The van der Waals surface area contributed by atoms with Crippen molar-refractivity contribution in [2.75, 3.05) is 0 Å². The van der Waals surface area contributed by atoms with Gasteiger partial charge >= 0.3 is 0 Å². The molecular weight excluding hydrogens is 719 g/mol. The van der Waals surface area contributed by atoms with Gasteiger partial charge in [-0.1, -0.05) is 170 Å². The fourth-order valence-corrected chi connectivity index (χ4v) is 10.8. The van der Waals surface area contributed by atoms with Crippen molar-refractivity contribution in [1.82, 2.24) is 4.57 Å². The number of hydrogen-bond donors (Lipinski definition) is 0. The summed E-state index contributed by atoms with van der Waals surface area (Å²) in [6.45, 7) is 6.98. The molecule has 10 aromatic rings. The Hall–Kier alpha value is -7.00. The summed E-state index contributed by atoms with van der Waals surface area (Å²) < 4.78 is 5.11. The summed E-state index contributed by atoms with van der Waals surface area (Å²) in [6.07, 6.45) is 8.51. The van der Waals surface area contributed by atoms with Crippen LogP contribution in [0.3, 0.4) is 0 Å². The Morgan fingerprint density at radius 1 is 0.534 bits per heavy atom. The highest BCUT2D eigenvalue weighted by Crippen LogP contribution is 2.60. The molecule has 1 aliphatic carbocycles. The van der Waals surface area contributed by atoms with Crippen molar-refractivity contribution >= 4 is 53.3 Å². The lowest BCUT2D eigenvalue weighted by Gasteiger charge is -2.34.